The van der Waals surface area contributed by atoms with Crippen LogP contribution >= 0.6 is 0 Å². The number of amides is 1. The Labute approximate surface area is 265 Å². The zero-order valence-electron chi connectivity index (χ0n) is 25.5. The third-order valence-electron chi connectivity index (χ3n) is 7.07. The van der Waals surface area contributed by atoms with Crippen molar-refractivity contribution in [2.24, 2.45) is 5.41 Å². The fourth-order valence-electron chi connectivity index (χ4n) is 4.61. The van der Waals surface area contributed by atoms with Crippen LogP contribution in [0.2, 0.25) is 0 Å². The average molecular weight is 661 g/mol. The monoisotopic (exact) mass is 660 g/mol. The number of esters is 1. The number of rotatable bonds is 11. The quantitative estimate of drug-likeness (QED) is 0.222. The second-order valence-electron chi connectivity index (χ2n) is 11.8. The highest BCUT2D eigenvalue weighted by Crippen LogP contribution is 2.40. The number of hydrogen-bond acceptors (Lipinski definition) is 8. The van der Waals surface area contributed by atoms with E-state index in [0.717, 1.165) is 10.4 Å². The highest BCUT2D eigenvalue weighted by Gasteiger charge is 2.52. The minimum absolute atomic E-state index is 0.141. The van der Waals surface area contributed by atoms with Gasteiger partial charge in [-0.25, -0.2) is 26.8 Å². The van der Waals surface area contributed by atoms with Crippen LogP contribution in [-0.2, 0) is 41.1 Å². The highest BCUT2D eigenvalue weighted by molar-refractivity contribution is 7.89. The van der Waals surface area contributed by atoms with Gasteiger partial charge in [-0.1, -0.05) is 30.3 Å². The van der Waals surface area contributed by atoms with Crippen LogP contribution in [0.1, 0.15) is 38.8 Å². The van der Waals surface area contributed by atoms with E-state index < -0.39 is 63.0 Å². The summed E-state index contributed by atoms with van der Waals surface area (Å²) in [5, 5.41) is 11.9. The molecule has 1 aliphatic heterocycles. The van der Waals surface area contributed by atoms with E-state index in [1.165, 1.54) is 73.7 Å². The fraction of sp³-hybridized carbons (Fsp3) is 0.344. The summed E-state index contributed by atoms with van der Waals surface area (Å²) in [6, 6.07) is 14.8. The third-order valence-corrected chi connectivity index (χ3v) is 8.86. The number of carbonyl (C=O) groups is 3. The van der Waals surface area contributed by atoms with Crippen LogP contribution in [0.3, 0.4) is 0 Å². The van der Waals surface area contributed by atoms with Gasteiger partial charge in [-0.3, -0.25) is 4.79 Å². The lowest BCUT2D eigenvalue weighted by Gasteiger charge is -2.48. The van der Waals surface area contributed by atoms with Crippen molar-refractivity contribution < 1.29 is 50.9 Å². The smallest absolute Gasteiger partial charge is 0.410 e. The third kappa shape index (κ3) is 8.17. The van der Waals surface area contributed by atoms with Crippen molar-refractivity contribution >= 4 is 28.1 Å². The molecule has 1 fully saturated rings. The van der Waals surface area contributed by atoms with Gasteiger partial charge in [0.1, 0.15) is 23.4 Å². The van der Waals surface area contributed by atoms with Gasteiger partial charge in [0.25, 0.3) is 0 Å². The summed E-state index contributed by atoms with van der Waals surface area (Å²) in [5.74, 6) is -2.92. The molecule has 4 rings (SSSR count). The summed E-state index contributed by atoms with van der Waals surface area (Å²) in [5.41, 5.74) is -1.32. The van der Waals surface area contributed by atoms with Gasteiger partial charge in [0.05, 0.1) is 23.4 Å². The number of carbonyl (C=O) groups excluding carboxylic acids is 2. The first-order valence-electron chi connectivity index (χ1n) is 14.2. The molecule has 1 aliphatic rings. The van der Waals surface area contributed by atoms with E-state index in [-0.39, 0.29) is 35.7 Å². The number of nitrogens with one attached hydrogen (secondary N) is 1. The number of hydrogen-bond donors (Lipinski definition) is 2. The van der Waals surface area contributed by atoms with Gasteiger partial charge < -0.3 is 24.6 Å². The molecule has 0 spiro atoms. The molecule has 0 aliphatic carbocycles. The molecule has 1 heterocycles. The van der Waals surface area contributed by atoms with Crippen LogP contribution in [0.4, 0.5) is 13.6 Å². The first-order valence-corrected chi connectivity index (χ1v) is 15.6. The molecule has 1 unspecified atom stereocenters. The van der Waals surface area contributed by atoms with Crippen molar-refractivity contribution in [2.45, 2.75) is 56.9 Å². The lowest BCUT2D eigenvalue weighted by atomic mass is 9.87. The van der Waals surface area contributed by atoms with Crippen molar-refractivity contribution in [3.8, 4) is 5.75 Å². The van der Waals surface area contributed by atoms with E-state index in [0.29, 0.717) is 5.56 Å². The molecule has 3 aromatic rings. The van der Waals surface area contributed by atoms with E-state index >= 15 is 0 Å². The summed E-state index contributed by atoms with van der Waals surface area (Å²) in [7, 11) is -4.13. The molecule has 2 atom stereocenters. The van der Waals surface area contributed by atoms with Gasteiger partial charge in [-0.2, -0.15) is 4.31 Å². The molecule has 46 heavy (non-hydrogen) atoms. The Morgan fingerprint density at radius 1 is 0.957 bits per heavy atom. The minimum atomic E-state index is -4.13. The predicted molar refractivity (Wildman–Crippen MR) is 160 cm³/mol. The maximum atomic E-state index is 13.9. The number of aliphatic carboxylic acids is 1. The maximum Gasteiger partial charge on any atom is 0.410 e. The molecular weight excluding hydrogens is 626 g/mol. The number of carboxylic acids is 1. The van der Waals surface area contributed by atoms with Crippen molar-refractivity contribution in [3.63, 3.8) is 0 Å². The molecule has 0 saturated carbocycles. The van der Waals surface area contributed by atoms with E-state index in [2.05, 4.69) is 5.32 Å². The average Bonchev–Trinajstić information content (AvgIpc) is 2.94. The van der Waals surface area contributed by atoms with Crippen LogP contribution in [0, 0.1) is 17.0 Å². The SMILES string of the molecule is C[C@H](OC(=O)NC(Cc1cccc(S(=O)(=O)N2CC(Oc3cccc(F)c3)(c3ccc(F)cc3)C2)c1)C(=O)O)OC(=O)C(C)(C)C. The summed E-state index contributed by atoms with van der Waals surface area (Å²) in [6.07, 6.45) is -2.74. The zero-order chi connectivity index (χ0) is 33.9. The molecular formula is C32H34F2N2O9S. The van der Waals surface area contributed by atoms with Gasteiger partial charge in [-0.05, 0) is 68.3 Å². The Kier molecular flexibility index (Phi) is 10.0. The van der Waals surface area contributed by atoms with Gasteiger partial charge in [0.2, 0.25) is 16.3 Å². The molecule has 0 aromatic heterocycles. The van der Waals surface area contributed by atoms with Gasteiger partial charge >= 0.3 is 18.0 Å². The Bertz CT molecular complexity index is 1700. The highest BCUT2D eigenvalue weighted by atomic mass is 32.2. The number of alkyl carbamates (subject to hydrolysis) is 1. The first kappa shape index (κ1) is 34.3. The van der Waals surface area contributed by atoms with E-state index in [1.54, 1.807) is 20.8 Å². The van der Waals surface area contributed by atoms with Crippen molar-refractivity contribution in [3.05, 3.63) is 95.6 Å². The topological polar surface area (TPSA) is 149 Å². The Morgan fingerprint density at radius 2 is 1.61 bits per heavy atom. The minimum Gasteiger partial charge on any atom is -0.480 e. The predicted octanol–water partition coefficient (Wildman–Crippen LogP) is 4.60. The van der Waals surface area contributed by atoms with E-state index in [4.69, 9.17) is 14.2 Å². The first-order chi connectivity index (χ1) is 21.5. The molecule has 2 N–H and O–H groups in total. The number of nitrogens with zero attached hydrogens (tertiary/aromatic N) is 1. The van der Waals surface area contributed by atoms with Crippen LogP contribution in [0.25, 0.3) is 0 Å². The maximum absolute atomic E-state index is 13.9. The van der Waals surface area contributed by atoms with Gasteiger partial charge in [0.15, 0.2) is 5.60 Å². The second-order valence-corrected chi connectivity index (χ2v) is 13.8. The van der Waals surface area contributed by atoms with E-state index in [9.17, 15) is 36.7 Å². The van der Waals surface area contributed by atoms with Crippen LogP contribution in [0.5, 0.6) is 5.75 Å². The summed E-state index contributed by atoms with van der Waals surface area (Å²) < 4.78 is 72.0. The lowest BCUT2D eigenvalue weighted by molar-refractivity contribution is -0.174. The fourth-order valence-corrected chi connectivity index (χ4v) is 6.21. The molecule has 1 amide bonds. The van der Waals surface area contributed by atoms with Crippen LogP contribution in [-0.4, -0.2) is 61.3 Å². The van der Waals surface area contributed by atoms with Crippen molar-refractivity contribution in [1.82, 2.24) is 9.62 Å². The number of benzene rings is 3. The molecule has 0 bridgehead atoms. The van der Waals surface area contributed by atoms with E-state index in [1.807, 2.05) is 0 Å². The lowest BCUT2D eigenvalue weighted by Crippen LogP contribution is -2.64. The standard InChI is InChI=1S/C32H34F2N2O9S/c1-20(43-29(39)31(2,3)4)44-30(40)35-27(28(37)38)16-21-7-5-10-26(15-21)46(41,42)36-18-32(19-36,22-11-13-23(33)14-12-22)45-25-9-6-8-24(34)17-25/h5-15,17,20,27H,16,18-19H2,1-4H3,(H,35,40)(H,37,38)/t20-,27?/m0/s1. The molecule has 14 heteroatoms. The Morgan fingerprint density at radius 3 is 2.22 bits per heavy atom. The zero-order valence-corrected chi connectivity index (χ0v) is 26.3. The van der Waals surface area contributed by atoms with Crippen molar-refractivity contribution in [1.29, 1.82) is 0 Å². The van der Waals surface area contributed by atoms with Crippen LogP contribution in [0.15, 0.2) is 77.7 Å². The summed E-state index contributed by atoms with van der Waals surface area (Å²) >= 11 is 0. The van der Waals surface area contributed by atoms with Gasteiger partial charge in [0, 0.05) is 19.4 Å². The summed E-state index contributed by atoms with van der Waals surface area (Å²) in [4.78, 5) is 36.2. The molecule has 246 valence electrons. The normalized spacial score (nSPS) is 16.0. The summed E-state index contributed by atoms with van der Waals surface area (Å²) in [6.45, 7) is 5.79. The van der Waals surface area contributed by atoms with Crippen molar-refractivity contribution in [2.75, 3.05) is 13.1 Å². The Hall–Kier alpha value is -4.56. The molecule has 3 aromatic carbocycles. The second kappa shape index (κ2) is 13.4. The molecule has 1 saturated heterocycles. The van der Waals surface area contributed by atoms with Crippen LogP contribution < -0.4 is 10.1 Å². The van der Waals surface area contributed by atoms with Gasteiger partial charge in [-0.15, -0.1) is 0 Å². The number of sulfonamides is 1. The molecule has 0 radical (unpaired) electrons. The number of ether oxygens (including phenoxy) is 3. The number of halogens is 2. The Balaban J connectivity index is 1.47. The number of carboxylic acid groups (broad SMARTS) is 1. The molecule has 11 nitrogen and oxygen atoms in total. The largest absolute Gasteiger partial charge is 0.480 e.